The van der Waals surface area contributed by atoms with E-state index in [0.29, 0.717) is 5.75 Å². The number of ketones is 1. The van der Waals surface area contributed by atoms with Gasteiger partial charge in [0.05, 0.1) is 10.9 Å². The Bertz CT molecular complexity index is 3330. The van der Waals surface area contributed by atoms with Crippen LogP contribution in [0.25, 0.3) is 21.5 Å². The summed E-state index contributed by atoms with van der Waals surface area (Å²) in [7, 11) is -0.381. The van der Waals surface area contributed by atoms with Gasteiger partial charge in [0.15, 0.2) is 85.4 Å². The molecule has 0 heterocycles. The fraction of sp³-hybridized carbons (Fsp3) is 0.0192. The van der Waals surface area contributed by atoms with E-state index in [0.717, 1.165) is 5.56 Å². The number of benzene rings is 9. The molecular formula is C52H21BF20OS. The van der Waals surface area contributed by atoms with E-state index in [-0.39, 0.29) is 16.7 Å². The largest absolute Gasteiger partial charge is 0.289 e. The van der Waals surface area contributed by atoms with E-state index in [1.165, 1.54) is 31.3 Å². The summed E-state index contributed by atoms with van der Waals surface area (Å²) in [5.41, 5.74) is -13.6. The Morgan fingerprint density at radius 3 is 0.827 bits per heavy atom. The van der Waals surface area contributed by atoms with E-state index in [4.69, 9.17) is 0 Å². The van der Waals surface area contributed by atoms with Crippen LogP contribution in [0.2, 0.25) is 0 Å². The molecule has 0 spiro atoms. The van der Waals surface area contributed by atoms with Crippen LogP contribution in [0.3, 0.4) is 0 Å². The summed E-state index contributed by atoms with van der Waals surface area (Å²) in [6.45, 7) is 0. The number of hydrogen-bond acceptors (Lipinski definition) is 1. The summed E-state index contributed by atoms with van der Waals surface area (Å²) in [4.78, 5) is 15.7. The van der Waals surface area contributed by atoms with Crippen LogP contribution in [-0.2, 0) is 10.9 Å². The van der Waals surface area contributed by atoms with Crippen LogP contribution in [0, 0.1) is 116 Å². The van der Waals surface area contributed by atoms with Crippen LogP contribution >= 0.6 is 0 Å². The standard InChI is InChI=1S/C28H21OS.C24BF20/c29-26(23-12-2-1-3-13-23)20-30(27-18-8-14-21-10-4-6-16-24(21)27)28-19-9-15-22-11-5-7-17-25(22)28;26-5-1(6(27)14(35)21(42)13(5)34)25(2-7(28)15(36)22(43)16(37)8(2)29,3-9(30)17(38)23(44)18(39)10(3)31)4-11(32)19(40)24(45)20(41)12(4)33/h1-19H,20H2;/q+1;-1. The normalized spacial score (nSPS) is 11.7. The maximum absolute atomic E-state index is 15.4. The molecule has 9 rings (SSSR count). The second-order valence-corrected chi connectivity index (χ2v) is 18.0. The minimum Gasteiger partial charge on any atom is -0.289 e. The molecule has 0 radical (unpaired) electrons. The van der Waals surface area contributed by atoms with Crippen molar-refractivity contribution in [2.75, 3.05) is 5.75 Å². The summed E-state index contributed by atoms with van der Waals surface area (Å²) in [5, 5.41) is 4.86. The summed E-state index contributed by atoms with van der Waals surface area (Å²) in [6, 6.07) is 39.4. The summed E-state index contributed by atoms with van der Waals surface area (Å²) in [5.74, 6) is -70.8. The number of fused-ring (bicyclic) bond motifs is 2. The third-order valence-corrected chi connectivity index (χ3v) is 14.4. The lowest BCUT2D eigenvalue weighted by Crippen LogP contribution is -2.81. The summed E-state index contributed by atoms with van der Waals surface area (Å²) >= 11 is 0. The van der Waals surface area contributed by atoms with Crippen LogP contribution in [0.4, 0.5) is 87.8 Å². The van der Waals surface area contributed by atoms with Crippen LogP contribution in [-0.4, -0.2) is 17.7 Å². The third-order valence-electron chi connectivity index (χ3n) is 12.1. The average molecular weight is 1080 g/mol. The molecule has 0 saturated heterocycles. The van der Waals surface area contributed by atoms with Crippen molar-refractivity contribution in [3.8, 4) is 0 Å². The van der Waals surface area contributed by atoms with E-state index < -0.39 is 144 Å². The second-order valence-electron chi connectivity index (χ2n) is 16.1. The van der Waals surface area contributed by atoms with Crippen LogP contribution in [0.15, 0.2) is 125 Å². The van der Waals surface area contributed by atoms with Gasteiger partial charge in [-0.25, -0.2) is 87.8 Å². The summed E-state index contributed by atoms with van der Waals surface area (Å²) in [6.07, 6.45) is -7.22. The molecule has 0 fully saturated rings. The SMILES string of the molecule is Fc1c(F)c(F)c([B-](c2c(F)c(F)c(F)c(F)c2F)(c2c(F)c(F)c(F)c(F)c2F)c2c(F)c(F)c(F)c(F)c2F)c(F)c1F.O=C(C[S+](c1cccc2ccccc12)c1cccc2ccccc12)c1ccccc1. The molecular weight excluding hydrogens is 1060 g/mol. The predicted octanol–water partition coefficient (Wildman–Crippen LogP) is 12.8. The van der Waals surface area contributed by atoms with E-state index in [9.17, 15) is 57.5 Å². The minimum absolute atomic E-state index is 0.180. The predicted molar refractivity (Wildman–Crippen MR) is 237 cm³/mol. The molecule has 0 bridgehead atoms. The maximum atomic E-state index is 15.4. The first-order valence-electron chi connectivity index (χ1n) is 21.0. The number of hydrogen-bond donors (Lipinski definition) is 0. The Kier molecular flexibility index (Phi) is 14.6. The Labute approximate surface area is 410 Å². The lowest BCUT2D eigenvalue weighted by atomic mass is 9.12. The molecule has 0 N–H and O–H groups in total. The fourth-order valence-electron chi connectivity index (χ4n) is 8.81. The molecule has 0 amide bonds. The number of carbonyl (C=O) groups excluding carboxylic acids is 1. The Balaban J connectivity index is 0.000000215. The number of halogens is 20. The molecule has 0 aromatic heterocycles. The Hall–Kier alpha value is -7.82. The molecule has 9 aromatic carbocycles. The molecule has 0 aliphatic heterocycles. The van der Waals surface area contributed by atoms with E-state index in [2.05, 4.69) is 84.9 Å². The zero-order chi connectivity index (χ0) is 54.7. The molecule has 9 aromatic rings. The van der Waals surface area contributed by atoms with Gasteiger partial charge in [-0.3, -0.25) is 4.79 Å². The fourth-order valence-corrected chi connectivity index (χ4v) is 11.2. The first-order valence-corrected chi connectivity index (χ1v) is 22.4. The van der Waals surface area contributed by atoms with Gasteiger partial charge in [-0.1, -0.05) is 91.0 Å². The second kappa shape index (κ2) is 20.5. The van der Waals surface area contributed by atoms with Crippen molar-refractivity contribution in [2.24, 2.45) is 0 Å². The highest BCUT2D eigenvalue weighted by Gasteiger charge is 2.52. The highest BCUT2D eigenvalue weighted by Crippen LogP contribution is 2.36. The van der Waals surface area contributed by atoms with Crippen molar-refractivity contribution < 1.29 is 92.6 Å². The van der Waals surface area contributed by atoms with Crippen molar-refractivity contribution in [1.82, 2.24) is 0 Å². The van der Waals surface area contributed by atoms with Gasteiger partial charge in [-0.15, -0.1) is 21.9 Å². The van der Waals surface area contributed by atoms with Gasteiger partial charge >= 0.3 is 0 Å². The van der Waals surface area contributed by atoms with Gasteiger partial charge in [0.1, 0.15) is 52.7 Å². The lowest BCUT2D eigenvalue weighted by Gasteiger charge is -2.44. The summed E-state index contributed by atoms with van der Waals surface area (Å²) < 4.78 is 294. The van der Waals surface area contributed by atoms with Gasteiger partial charge < -0.3 is 0 Å². The molecule has 0 aliphatic carbocycles. The molecule has 0 atom stereocenters. The quantitative estimate of drug-likeness (QED) is 0.0352. The lowest BCUT2D eigenvalue weighted by molar-refractivity contribution is 0.102. The van der Waals surface area contributed by atoms with Crippen LogP contribution < -0.4 is 21.9 Å². The topological polar surface area (TPSA) is 17.1 Å². The Morgan fingerprint density at radius 2 is 0.533 bits per heavy atom. The van der Waals surface area contributed by atoms with Crippen molar-refractivity contribution >= 4 is 66.2 Å². The monoisotopic (exact) mass is 1080 g/mol. The van der Waals surface area contributed by atoms with Crippen LogP contribution in [0.5, 0.6) is 0 Å². The highest BCUT2D eigenvalue weighted by atomic mass is 32.2. The van der Waals surface area contributed by atoms with Crippen molar-refractivity contribution in [3.63, 3.8) is 0 Å². The van der Waals surface area contributed by atoms with Gasteiger partial charge in [0, 0.05) is 16.3 Å². The van der Waals surface area contributed by atoms with Crippen molar-refractivity contribution in [3.05, 3.63) is 237 Å². The van der Waals surface area contributed by atoms with E-state index in [1.807, 2.05) is 30.3 Å². The van der Waals surface area contributed by atoms with Gasteiger partial charge in [-0.05, 0) is 35.0 Å². The van der Waals surface area contributed by atoms with E-state index >= 15 is 35.1 Å². The van der Waals surface area contributed by atoms with Gasteiger partial charge in [-0.2, -0.15) is 0 Å². The molecule has 0 unspecified atom stereocenters. The molecule has 0 saturated carbocycles. The van der Waals surface area contributed by atoms with Crippen molar-refractivity contribution in [1.29, 1.82) is 0 Å². The molecule has 0 aliphatic rings. The molecule has 384 valence electrons. The smallest absolute Gasteiger partial charge is 0.212 e. The van der Waals surface area contributed by atoms with Crippen molar-refractivity contribution in [2.45, 2.75) is 9.79 Å². The zero-order valence-corrected chi connectivity index (χ0v) is 37.4. The molecule has 75 heavy (non-hydrogen) atoms. The van der Waals surface area contributed by atoms with Gasteiger partial charge in [0.25, 0.3) is 0 Å². The maximum Gasteiger partial charge on any atom is 0.212 e. The third kappa shape index (κ3) is 8.59. The molecule has 23 heteroatoms. The van der Waals surface area contributed by atoms with Crippen LogP contribution in [0.1, 0.15) is 10.4 Å². The van der Waals surface area contributed by atoms with Gasteiger partial charge in [0.2, 0.25) is 5.78 Å². The zero-order valence-electron chi connectivity index (χ0n) is 36.6. The van der Waals surface area contributed by atoms with E-state index in [1.54, 1.807) is 0 Å². The Morgan fingerprint density at radius 1 is 0.293 bits per heavy atom. The number of rotatable bonds is 9. The first-order chi connectivity index (χ1) is 35.5. The molecule has 1 nitrogen and oxygen atoms in total. The minimum atomic E-state index is -7.22. The number of Topliss-reactive ketones (excluding diaryl/α,β-unsaturated/α-hetero) is 1. The number of carbonyl (C=O) groups is 1. The highest BCUT2D eigenvalue weighted by molar-refractivity contribution is 7.98. The average Bonchev–Trinajstić information content (AvgIpc) is 3.42. The first kappa shape index (κ1) is 53.5.